The lowest BCUT2D eigenvalue weighted by molar-refractivity contribution is 0.647. The largest absolute Gasteiger partial charge is 0.310 e. The molecule has 1 atom stereocenters. The number of hydrogen-bond donors (Lipinski definition) is 1. The van der Waals surface area contributed by atoms with E-state index in [4.69, 9.17) is 11.0 Å². The fourth-order valence-corrected chi connectivity index (χ4v) is 1.58. The zero-order valence-corrected chi connectivity index (χ0v) is 8.57. The minimum Gasteiger partial charge on any atom is -0.310 e. The number of nitriles is 1. The first kappa shape index (κ1) is 9.70. The molecule has 0 aliphatic rings. The maximum atomic E-state index is 8.94. The number of hydrogen-bond acceptors (Lipinski definition) is 2. The SMILES string of the molecule is CC(N)(C#N)c1ccc2ccccc2c1. The maximum absolute atomic E-state index is 8.94. The lowest BCUT2D eigenvalue weighted by Gasteiger charge is -2.16. The molecule has 0 aromatic heterocycles. The van der Waals surface area contributed by atoms with Gasteiger partial charge in [-0.3, -0.25) is 0 Å². The normalized spacial score (nSPS) is 14.5. The van der Waals surface area contributed by atoms with Crippen LogP contribution < -0.4 is 5.73 Å². The average molecular weight is 196 g/mol. The molecule has 0 saturated carbocycles. The summed E-state index contributed by atoms with van der Waals surface area (Å²) in [6, 6.07) is 16.0. The summed E-state index contributed by atoms with van der Waals surface area (Å²) in [7, 11) is 0. The van der Waals surface area contributed by atoms with E-state index in [1.165, 1.54) is 0 Å². The minimum atomic E-state index is -0.913. The average Bonchev–Trinajstić information content (AvgIpc) is 2.28. The highest BCUT2D eigenvalue weighted by Gasteiger charge is 2.19. The second kappa shape index (κ2) is 3.38. The molecule has 0 spiro atoms. The van der Waals surface area contributed by atoms with Crippen LogP contribution in [0.15, 0.2) is 42.5 Å². The van der Waals surface area contributed by atoms with Gasteiger partial charge in [0.05, 0.1) is 6.07 Å². The van der Waals surface area contributed by atoms with Crippen LogP contribution in [0, 0.1) is 11.3 Å². The van der Waals surface area contributed by atoms with Crippen molar-refractivity contribution >= 4 is 10.8 Å². The molecule has 2 heteroatoms. The number of nitrogens with zero attached hydrogens (tertiary/aromatic N) is 1. The molecule has 2 nitrogen and oxygen atoms in total. The summed E-state index contributed by atoms with van der Waals surface area (Å²) >= 11 is 0. The van der Waals surface area contributed by atoms with Crippen LogP contribution >= 0.6 is 0 Å². The van der Waals surface area contributed by atoms with Crippen LogP contribution in [0.25, 0.3) is 10.8 Å². The second-order valence-electron chi connectivity index (χ2n) is 3.88. The lowest BCUT2D eigenvalue weighted by atomic mass is 9.93. The van der Waals surface area contributed by atoms with Gasteiger partial charge in [0, 0.05) is 0 Å². The third kappa shape index (κ3) is 1.70. The fourth-order valence-electron chi connectivity index (χ4n) is 1.58. The maximum Gasteiger partial charge on any atom is 0.126 e. The van der Waals surface area contributed by atoms with Gasteiger partial charge in [0.25, 0.3) is 0 Å². The zero-order chi connectivity index (χ0) is 10.9. The predicted octanol–water partition coefficient (Wildman–Crippen LogP) is 2.54. The molecule has 0 aliphatic heterocycles. The third-order valence-electron chi connectivity index (χ3n) is 2.58. The zero-order valence-electron chi connectivity index (χ0n) is 8.57. The summed E-state index contributed by atoms with van der Waals surface area (Å²) in [4.78, 5) is 0. The Kier molecular flexibility index (Phi) is 2.18. The van der Waals surface area contributed by atoms with Gasteiger partial charge in [-0.25, -0.2) is 0 Å². The number of fused-ring (bicyclic) bond motifs is 1. The number of rotatable bonds is 1. The summed E-state index contributed by atoms with van der Waals surface area (Å²) < 4.78 is 0. The van der Waals surface area contributed by atoms with E-state index in [9.17, 15) is 0 Å². The highest BCUT2D eigenvalue weighted by molar-refractivity contribution is 5.83. The van der Waals surface area contributed by atoms with Crippen LogP contribution in [0.1, 0.15) is 12.5 Å². The van der Waals surface area contributed by atoms with Crippen molar-refractivity contribution in [3.05, 3.63) is 48.0 Å². The molecule has 1 unspecified atom stereocenters. The number of benzene rings is 2. The van der Waals surface area contributed by atoms with E-state index < -0.39 is 5.54 Å². The Balaban J connectivity index is 2.63. The first-order valence-electron chi connectivity index (χ1n) is 4.83. The van der Waals surface area contributed by atoms with E-state index in [1.807, 2.05) is 42.5 Å². The van der Waals surface area contributed by atoms with Crippen molar-refractivity contribution in [2.75, 3.05) is 0 Å². The smallest absolute Gasteiger partial charge is 0.126 e. The molecule has 2 aromatic carbocycles. The van der Waals surface area contributed by atoms with E-state index >= 15 is 0 Å². The van der Waals surface area contributed by atoms with E-state index in [1.54, 1.807) is 6.92 Å². The molecule has 2 N–H and O–H groups in total. The Bertz CT molecular complexity index is 535. The van der Waals surface area contributed by atoms with Crippen LogP contribution in [0.4, 0.5) is 0 Å². The first-order chi connectivity index (χ1) is 7.13. The Hall–Kier alpha value is -1.85. The number of nitrogens with two attached hydrogens (primary N) is 1. The van der Waals surface area contributed by atoms with E-state index in [0.717, 1.165) is 16.3 Å². The molecular formula is C13H12N2. The van der Waals surface area contributed by atoms with Crippen molar-refractivity contribution in [2.24, 2.45) is 5.73 Å². The van der Waals surface area contributed by atoms with Gasteiger partial charge >= 0.3 is 0 Å². The summed E-state index contributed by atoms with van der Waals surface area (Å²) in [6.45, 7) is 1.72. The van der Waals surface area contributed by atoms with Gasteiger partial charge in [0.1, 0.15) is 5.54 Å². The van der Waals surface area contributed by atoms with Gasteiger partial charge < -0.3 is 5.73 Å². The monoisotopic (exact) mass is 196 g/mol. The van der Waals surface area contributed by atoms with Gasteiger partial charge in [-0.05, 0) is 29.3 Å². The Morgan fingerprint density at radius 1 is 1.13 bits per heavy atom. The first-order valence-corrected chi connectivity index (χ1v) is 4.83. The molecule has 0 heterocycles. The molecule has 15 heavy (non-hydrogen) atoms. The Labute approximate surface area is 88.9 Å². The highest BCUT2D eigenvalue weighted by atomic mass is 14.7. The molecule has 0 saturated heterocycles. The van der Waals surface area contributed by atoms with Crippen LogP contribution in [-0.2, 0) is 5.54 Å². The van der Waals surface area contributed by atoms with Crippen molar-refractivity contribution < 1.29 is 0 Å². The van der Waals surface area contributed by atoms with Crippen LogP contribution in [0.3, 0.4) is 0 Å². The summed E-state index contributed by atoms with van der Waals surface area (Å²) in [5.74, 6) is 0. The Morgan fingerprint density at radius 2 is 1.80 bits per heavy atom. The van der Waals surface area contributed by atoms with Crippen molar-refractivity contribution in [3.63, 3.8) is 0 Å². The van der Waals surface area contributed by atoms with Gasteiger partial charge in [-0.1, -0.05) is 36.4 Å². The third-order valence-corrected chi connectivity index (χ3v) is 2.58. The highest BCUT2D eigenvalue weighted by Crippen LogP contribution is 2.22. The molecule has 2 rings (SSSR count). The van der Waals surface area contributed by atoms with Gasteiger partial charge in [0.15, 0.2) is 0 Å². The van der Waals surface area contributed by atoms with Crippen LogP contribution in [0.5, 0.6) is 0 Å². The van der Waals surface area contributed by atoms with Crippen molar-refractivity contribution in [1.29, 1.82) is 5.26 Å². The quantitative estimate of drug-likeness (QED) is 0.762. The summed E-state index contributed by atoms with van der Waals surface area (Å²) in [5, 5.41) is 11.2. The van der Waals surface area contributed by atoms with E-state index in [-0.39, 0.29) is 0 Å². The fraction of sp³-hybridized carbons (Fsp3) is 0.154. The van der Waals surface area contributed by atoms with Crippen LogP contribution in [-0.4, -0.2) is 0 Å². The van der Waals surface area contributed by atoms with Gasteiger partial charge in [-0.15, -0.1) is 0 Å². The molecule has 0 bridgehead atoms. The standard InChI is InChI=1S/C13H12N2/c1-13(15,9-14)12-7-6-10-4-2-3-5-11(10)8-12/h2-8H,15H2,1H3. The van der Waals surface area contributed by atoms with Crippen molar-refractivity contribution in [1.82, 2.24) is 0 Å². The molecule has 0 aliphatic carbocycles. The molecule has 0 radical (unpaired) electrons. The minimum absolute atomic E-state index is 0.851. The van der Waals surface area contributed by atoms with E-state index in [0.29, 0.717) is 0 Å². The predicted molar refractivity (Wildman–Crippen MR) is 61.1 cm³/mol. The summed E-state index contributed by atoms with van der Waals surface area (Å²) in [5.41, 5.74) is 5.81. The van der Waals surface area contributed by atoms with Gasteiger partial charge in [-0.2, -0.15) is 5.26 Å². The lowest BCUT2D eigenvalue weighted by Crippen LogP contribution is -2.30. The van der Waals surface area contributed by atoms with Crippen molar-refractivity contribution in [2.45, 2.75) is 12.5 Å². The topological polar surface area (TPSA) is 49.8 Å². The molecule has 2 aromatic rings. The molecule has 0 fully saturated rings. The molecule has 74 valence electrons. The molecule has 0 amide bonds. The summed E-state index contributed by atoms with van der Waals surface area (Å²) in [6.07, 6.45) is 0. The van der Waals surface area contributed by atoms with E-state index in [2.05, 4.69) is 6.07 Å². The molecular weight excluding hydrogens is 184 g/mol. The van der Waals surface area contributed by atoms with Crippen LogP contribution in [0.2, 0.25) is 0 Å². The second-order valence-corrected chi connectivity index (χ2v) is 3.88. The Morgan fingerprint density at radius 3 is 2.47 bits per heavy atom. The van der Waals surface area contributed by atoms with Crippen molar-refractivity contribution in [3.8, 4) is 6.07 Å². The van der Waals surface area contributed by atoms with Gasteiger partial charge in [0.2, 0.25) is 0 Å².